The minimum Gasteiger partial charge on any atom is -0.497 e. The van der Waals surface area contributed by atoms with E-state index in [-0.39, 0.29) is 0 Å². The van der Waals surface area contributed by atoms with Crippen molar-refractivity contribution in [1.29, 1.82) is 0 Å². The molecule has 2 aromatic heterocycles. The molecule has 4 rings (SSSR count). The summed E-state index contributed by atoms with van der Waals surface area (Å²) in [6, 6.07) is 10.6. The van der Waals surface area contributed by atoms with E-state index < -0.39 is 0 Å². The monoisotopic (exact) mass is 337 g/mol. The molecule has 1 aromatic carbocycles. The summed E-state index contributed by atoms with van der Waals surface area (Å²) in [5, 5.41) is 4.30. The molecule has 25 heavy (non-hydrogen) atoms. The van der Waals surface area contributed by atoms with Gasteiger partial charge in [0.2, 0.25) is 0 Å². The van der Waals surface area contributed by atoms with Gasteiger partial charge in [0, 0.05) is 32.0 Å². The van der Waals surface area contributed by atoms with Crippen molar-refractivity contribution in [3.63, 3.8) is 0 Å². The molecule has 0 saturated carbocycles. The Morgan fingerprint density at radius 1 is 1.16 bits per heavy atom. The van der Waals surface area contributed by atoms with Crippen LogP contribution in [-0.4, -0.2) is 37.9 Å². The predicted octanol–water partition coefficient (Wildman–Crippen LogP) is 2.71. The molecule has 1 aliphatic heterocycles. The highest BCUT2D eigenvalue weighted by molar-refractivity contribution is 5.27. The van der Waals surface area contributed by atoms with Crippen molar-refractivity contribution in [2.75, 3.05) is 13.7 Å². The Morgan fingerprint density at radius 2 is 2.00 bits per heavy atom. The van der Waals surface area contributed by atoms with Crippen LogP contribution < -0.4 is 4.74 Å². The number of benzene rings is 1. The SMILES string of the molecule is COc1ccc(CN2CCn3c(Cn4cccn4)cnc3[C@H]2C)cc1. The lowest BCUT2D eigenvalue weighted by molar-refractivity contribution is 0.155. The molecule has 3 aromatic rings. The van der Waals surface area contributed by atoms with Crippen LogP contribution in [0, 0.1) is 0 Å². The van der Waals surface area contributed by atoms with Crippen molar-refractivity contribution in [2.45, 2.75) is 32.6 Å². The van der Waals surface area contributed by atoms with E-state index in [4.69, 9.17) is 9.72 Å². The largest absolute Gasteiger partial charge is 0.497 e. The van der Waals surface area contributed by atoms with Gasteiger partial charge in [0.15, 0.2) is 0 Å². The standard InChI is InChI=1S/C19H23N5O/c1-15-19-20-12-17(14-23-9-3-8-21-23)24(19)11-10-22(15)13-16-4-6-18(25-2)7-5-16/h3-9,12,15H,10-11,13-14H2,1-2H3/t15-/m1/s1. The number of aromatic nitrogens is 4. The summed E-state index contributed by atoms with van der Waals surface area (Å²) in [5.41, 5.74) is 2.51. The first-order chi connectivity index (χ1) is 12.2. The number of ether oxygens (including phenoxy) is 1. The molecule has 0 aliphatic carbocycles. The molecule has 1 aliphatic rings. The van der Waals surface area contributed by atoms with Crippen molar-refractivity contribution in [3.8, 4) is 5.75 Å². The molecular weight excluding hydrogens is 314 g/mol. The third kappa shape index (κ3) is 3.17. The summed E-state index contributed by atoms with van der Waals surface area (Å²) < 4.78 is 9.53. The number of fused-ring (bicyclic) bond motifs is 1. The van der Waals surface area contributed by atoms with Gasteiger partial charge in [-0.1, -0.05) is 12.1 Å². The predicted molar refractivity (Wildman–Crippen MR) is 95.4 cm³/mol. The number of nitrogens with zero attached hydrogens (tertiary/aromatic N) is 5. The summed E-state index contributed by atoms with van der Waals surface area (Å²) >= 11 is 0. The quantitative estimate of drug-likeness (QED) is 0.718. The maximum atomic E-state index is 5.24. The van der Waals surface area contributed by atoms with Crippen molar-refractivity contribution in [1.82, 2.24) is 24.2 Å². The average molecular weight is 337 g/mol. The van der Waals surface area contributed by atoms with Gasteiger partial charge in [-0.2, -0.15) is 5.10 Å². The molecule has 130 valence electrons. The van der Waals surface area contributed by atoms with Gasteiger partial charge in [-0.05, 0) is 30.7 Å². The van der Waals surface area contributed by atoms with Gasteiger partial charge in [-0.3, -0.25) is 9.58 Å². The van der Waals surface area contributed by atoms with Crippen LogP contribution in [0.1, 0.15) is 30.0 Å². The number of methoxy groups -OCH3 is 1. The zero-order chi connectivity index (χ0) is 17.2. The minimum atomic E-state index is 0.294. The van der Waals surface area contributed by atoms with Crippen LogP contribution in [0.4, 0.5) is 0 Å². The maximum Gasteiger partial charge on any atom is 0.126 e. The summed E-state index contributed by atoms with van der Waals surface area (Å²) in [6.45, 7) is 5.91. The summed E-state index contributed by atoms with van der Waals surface area (Å²) in [7, 11) is 1.70. The van der Waals surface area contributed by atoms with Crippen LogP contribution in [0.3, 0.4) is 0 Å². The second-order valence-corrected chi connectivity index (χ2v) is 6.46. The number of rotatable bonds is 5. The van der Waals surface area contributed by atoms with Gasteiger partial charge >= 0.3 is 0 Å². The van der Waals surface area contributed by atoms with Gasteiger partial charge in [-0.25, -0.2) is 4.98 Å². The van der Waals surface area contributed by atoms with Gasteiger partial charge in [0.1, 0.15) is 11.6 Å². The minimum absolute atomic E-state index is 0.294. The molecule has 0 N–H and O–H groups in total. The number of imidazole rings is 1. The Hall–Kier alpha value is -2.60. The second kappa shape index (κ2) is 6.72. The molecule has 1 atom stereocenters. The van der Waals surface area contributed by atoms with Crippen LogP contribution >= 0.6 is 0 Å². The highest BCUT2D eigenvalue weighted by atomic mass is 16.5. The normalized spacial score (nSPS) is 17.4. The lowest BCUT2D eigenvalue weighted by Gasteiger charge is -2.34. The maximum absolute atomic E-state index is 5.24. The second-order valence-electron chi connectivity index (χ2n) is 6.46. The first-order valence-corrected chi connectivity index (χ1v) is 8.63. The van der Waals surface area contributed by atoms with Gasteiger partial charge in [-0.15, -0.1) is 0 Å². The van der Waals surface area contributed by atoms with E-state index in [1.165, 1.54) is 11.3 Å². The highest BCUT2D eigenvalue weighted by Crippen LogP contribution is 2.27. The summed E-state index contributed by atoms with van der Waals surface area (Å²) in [4.78, 5) is 7.17. The first-order valence-electron chi connectivity index (χ1n) is 8.63. The van der Waals surface area contributed by atoms with Crippen molar-refractivity contribution >= 4 is 0 Å². The van der Waals surface area contributed by atoms with Crippen molar-refractivity contribution in [2.24, 2.45) is 0 Å². The Bertz CT molecular complexity index is 822. The van der Waals surface area contributed by atoms with Gasteiger partial charge in [0.25, 0.3) is 0 Å². The van der Waals surface area contributed by atoms with Crippen LogP contribution in [-0.2, 0) is 19.6 Å². The Balaban J connectivity index is 1.49. The van der Waals surface area contributed by atoms with E-state index in [1.54, 1.807) is 7.11 Å². The molecule has 0 unspecified atom stereocenters. The van der Waals surface area contributed by atoms with Crippen molar-refractivity contribution in [3.05, 3.63) is 66.0 Å². The smallest absolute Gasteiger partial charge is 0.126 e. The van der Waals surface area contributed by atoms with Crippen LogP contribution in [0.2, 0.25) is 0 Å². The first kappa shape index (κ1) is 15.9. The average Bonchev–Trinajstić information content (AvgIpc) is 3.29. The number of hydrogen-bond donors (Lipinski definition) is 0. The fourth-order valence-electron chi connectivity index (χ4n) is 3.47. The third-order valence-corrected chi connectivity index (χ3v) is 4.93. The van der Waals surface area contributed by atoms with Crippen LogP contribution in [0.15, 0.2) is 48.9 Å². The van der Waals surface area contributed by atoms with Gasteiger partial charge < -0.3 is 9.30 Å². The Labute approximate surface area is 147 Å². The van der Waals surface area contributed by atoms with E-state index >= 15 is 0 Å². The third-order valence-electron chi connectivity index (χ3n) is 4.93. The Morgan fingerprint density at radius 3 is 2.72 bits per heavy atom. The van der Waals surface area contributed by atoms with Crippen LogP contribution in [0.25, 0.3) is 0 Å². The highest BCUT2D eigenvalue weighted by Gasteiger charge is 2.27. The molecule has 0 bridgehead atoms. The summed E-state index contributed by atoms with van der Waals surface area (Å²) in [6.07, 6.45) is 5.79. The lowest BCUT2D eigenvalue weighted by Crippen LogP contribution is -2.37. The molecule has 0 saturated heterocycles. The lowest BCUT2D eigenvalue weighted by atomic mass is 10.1. The van der Waals surface area contributed by atoms with E-state index in [9.17, 15) is 0 Å². The molecule has 0 fully saturated rings. The fraction of sp³-hybridized carbons (Fsp3) is 0.368. The zero-order valence-corrected chi connectivity index (χ0v) is 14.7. The van der Waals surface area contributed by atoms with Crippen molar-refractivity contribution < 1.29 is 4.74 Å². The molecule has 0 spiro atoms. The molecule has 3 heterocycles. The topological polar surface area (TPSA) is 48.1 Å². The van der Waals surface area contributed by atoms with E-state index in [1.807, 2.05) is 41.5 Å². The molecule has 0 amide bonds. The molecule has 6 heteroatoms. The molecule has 6 nitrogen and oxygen atoms in total. The van der Waals surface area contributed by atoms with E-state index in [2.05, 4.69) is 33.6 Å². The number of hydrogen-bond acceptors (Lipinski definition) is 4. The fourth-order valence-corrected chi connectivity index (χ4v) is 3.47. The molecular formula is C19H23N5O. The Kier molecular flexibility index (Phi) is 4.28. The molecule has 0 radical (unpaired) electrons. The van der Waals surface area contributed by atoms with E-state index in [0.717, 1.165) is 37.8 Å². The zero-order valence-electron chi connectivity index (χ0n) is 14.7. The van der Waals surface area contributed by atoms with Gasteiger partial charge in [0.05, 0.1) is 31.6 Å². The van der Waals surface area contributed by atoms with Crippen LogP contribution in [0.5, 0.6) is 5.75 Å². The summed E-state index contributed by atoms with van der Waals surface area (Å²) in [5.74, 6) is 2.04. The van der Waals surface area contributed by atoms with E-state index in [0.29, 0.717) is 6.04 Å².